The molecule has 1 aliphatic rings. The van der Waals surface area contributed by atoms with E-state index >= 15 is 0 Å². The first-order chi connectivity index (χ1) is 8.72. The van der Waals surface area contributed by atoms with Gasteiger partial charge in [-0.15, -0.1) is 0 Å². The normalized spacial score (nSPS) is 23.8. The molecular weight excluding hydrogens is 336 g/mol. The number of alkyl halides is 4. The van der Waals surface area contributed by atoms with Crippen LogP contribution < -0.4 is 0 Å². The molecule has 0 N–H and O–H groups in total. The van der Waals surface area contributed by atoms with E-state index in [1.807, 2.05) is 0 Å². The second-order valence-electron chi connectivity index (χ2n) is 3.71. The van der Waals surface area contributed by atoms with E-state index in [9.17, 15) is 17.6 Å². The number of rotatable bonds is 6. The molecule has 0 amide bonds. The summed E-state index contributed by atoms with van der Waals surface area (Å²) >= 11 is 2.73. The molecule has 0 heterocycles. The topological polar surface area (TPSA) is 27.7 Å². The van der Waals surface area contributed by atoms with E-state index in [1.54, 1.807) is 0 Å². The Morgan fingerprint density at radius 3 is 1.79 bits per heavy atom. The summed E-state index contributed by atoms with van der Waals surface area (Å²) in [7, 11) is 0. The van der Waals surface area contributed by atoms with Gasteiger partial charge in [-0.05, 0) is 36.7 Å². The largest absolute Gasteiger partial charge is 0.491 e. The zero-order valence-corrected chi connectivity index (χ0v) is 12.3. The van der Waals surface area contributed by atoms with Gasteiger partial charge in [-0.3, -0.25) is 0 Å². The van der Waals surface area contributed by atoms with Crippen LogP contribution in [-0.4, -0.2) is 37.5 Å². The van der Waals surface area contributed by atoms with Gasteiger partial charge in [-0.25, -0.2) is 0 Å². The minimum atomic E-state index is -4.57. The van der Waals surface area contributed by atoms with Crippen LogP contribution in [0.15, 0.2) is 10.2 Å². The summed E-state index contributed by atoms with van der Waals surface area (Å²) in [5.74, 6) is -13.1. The van der Waals surface area contributed by atoms with Crippen molar-refractivity contribution in [3.05, 3.63) is 10.2 Å². The SMILES string of the molecule is CCOC1=C(Br)C(OCC)(OCC)C(F)(F)C1(F)F. The summed E-state index contributed by atoms with van der Waals surface area (Å²) in [6, 6.07) is 0. The molecule has 8 heteroatoms. The van der Waals surface area contributed by atoms with Crippen molar-refractivity contribution in [2.24, 2.45) is 0 Å². The van der Waals surface area contributed by atoms with Gasteiger partial charge in [0.15, 0.2) is 5.76 Å². The molecule has 0 aromatic carbocycles. The molecule has 0 spiro atoms. The molecule has 1 aliphatic carbocycles. The van der Waals surface area contributed by atoms with E-state index in [2.05, 4.69) is 20.7 Å². The van der Waals surface area contributed by atoms with Crippen LogP contribution in [0.25, 0.3) is 0 Å². The lowest BCUT2D eigenvalue weighted by Gasteiger charge is -2.35. The smallest absolute Gasteiger partial charge is 0.375 e. The molecule has 0 atom stereocenters. The Morgan fingerprint density at radius 1 is 0.947 bits per heavy atom. The molecule has 0 saturated heterocycles. The lowest BCUT2D eigenvalue weighted by atomic mass is 10.1. The lowest BCUT2D eigenvalue weighted by Crippen LogP contribution is -2.57. The zero-order valence-electron chi connectivity index (χ0n) is 10.7. The Balaban J connectivity index is 3.43. The van der Waals surface area contributed by atoms with Crippen LogP contribution in [-0.2, 0) is 14.2 Å². The number of halogens is 5. The summed E-state index contributed by atoms with van der Waals surface area (Å²) in [6.45, 7) is 3.62. The van der Waals surface area contributed by atoms with Gasteiger partial charge >= 0.3 is 11.8 Å². The molecule has 0 saturated carbocycles. The maximum absolute atomic E-state index is 14.1. The van der Waals surface area contributed by atoms with Crippen molar-refractivity contribution < 1.29 is 31.8 Å². The third-order valence-electron chi connectivity index (χ3n) is 2.57. The van der Waals surface area contributed by atoms with E-state index in [0.29, 0.717) is 0 Å². The van der Waals surface area contributed by atoms with Gasteiger partial charge in [0, 0.05) is 13.2 Å². The molecular formula is C11H15BrF4O3. The molecule has 0 aliphatic heterocycles. The van der Waals surface area contributed by atoms with Crippen molar-refractivity contribution in [3.8, 4) is 0 Å². The Bertz CT molecular complexity index is 365. The van der Waals surface area contributed by atoms with E-state index in [0.717, 1.165) is 0 Å². The molecule has 0 bridgehead atoms. The van der Waals surface area contributed by atoms with Gasteiger partial charge in [0.1, 0.15) is 4.48 Å². The molecule has 3 nitrogen and oxygen atoms in total. The Hall–Kier alpha value is -0.340. The Morgan fingerprint density at radius 2 is 1.42 bits per heavy atom. The molecule has 0 unspecified atom stereocenters. The standard InChI is InChI=1S/C11H15BrF4O3/c1-4-17-8-7(12)10(18-5-2,19-6-3)11(15,16)9(8,13)14/h4-6H2,1-3H3. The number of hydrogen-bond donors (Lipinski definition) is 0. The molecule has 112 valence electrons. The van der Waals surface area contributed by atoms with Crippen molar-refractivity contribution in [3.63, 3.8) is 0 Å². The third-order valence-corrected chi connectivity index (χ3v) is 3.45. The van der Waals surface area contributed by atoms with Crippen LogP contribution in [0.4, 0.5) is 17.6 Å². The van der Waals surface area contributed by atoms with E-state index in [-0.39, 0.29) is 19.8 Å². The van der Waals surface area contributed by atoms with Crippen LogP contribution in [0.2, 0.25) is 0 Å². The van der Waals surface area contributed by atoms with Crippen molar-refractivity contribution in [1.29, 1.82) is 0 Å². The Labute approximate surface area is 117 Å². The average molecular weight is 351 g/mol. The van der Waals surface area contributed by atoms with Gasteiger partial charge in [0.2, 0.25) is 0 Å². The van der Waals surface area contributed by atoms with Gasteiger partial charge in [-0.2, -0.15) is 17.6 Å². The molecule has 0 radical (unpaired) electrons. The van der Waals surface area contributed by atoms with Crippen molar-refractivity contribution in [2.75, 3.05) is 19.8 Å². The van der Waals surface area contributed by atoms with E-state index in [4.69, 9.17) is 9.47 Å². The maximum atomic E-state index is 14.1. The minimum Gasteiger partial charge on any atom is -0.491 e. The molecule has 0 aromatic rings. The van der Waals surface area contributed by atoms with Crippen LogP contribution in [0.5, 0.6) is 0 Å². The minimum absolute atomic E-state index is 0.176. The molecule has 0 aromatic heterocycles. The van der Waals surface area contributed by atoms with Crippen molar-refractivity contribution in [2.45, 2.75) is 38.4 Å². The highest BCUT2D eigenvalue weighted by atomic mass is 79.9. The highest BCUT2D eigenvalue weighted by molar-refractivity contribution is 9.11. The highest BCUT2D eigenvalue weighted by Gasteiger charge is 2.80. The predicted molar refractivity (Wildman–Crippen MR) is 63.5 cm³/mol. The fourth-order valence-electron chi connectivity index (χ4n) is 1.83. The molecule has 0 fully saturated rings. The van der Waals surface area contributed by atoms with E-state index in [1.165, 1.54) is 20.8 Å². The van der Waals surface area contributed by atoms with Crippen LogP contribution in [0.3, 0.4) is 0 Å². The summed E-state index contributed by atoms with van der Waals surface area (Å²) in [5, 5.41) is 0. The summed E-state index contributed by atoms with van der Waals surface area (Å²) in [4.78, 5) is 0. The fraction of sp³-hybridized carbons (Fsp3) is 0.818. The summed E-state index contributed by atoms with van der Waals surface area (Å²) in [6.07, 6.45) is 0. The molecule has 1 rings (SSSR count). The number of ether oxygens (including phenoxy) is 3. The van der Waals surface area contributed by atoms with Gasteiger partial charge in [-0.1, -0.05) is 0 Å². The molecule has 19 heavy (non-hydrogen) atoms. The van der Waals surface area contributed by atoms with Gasteiger partial charge in [0.25, 0.3) is 5.79 Å². The first kappa shape index (κ1) is 16.7. The second-order valence-corrected chi connectivity index (χ2v) is 4.50. The Kier molecular flexibility index (Phi) is 4.90. The number of allylic oxidation sites excluding steroid dienone is 1. The highest BCUT2D eigenvalue weighted by Crippen LogP contribution is 2.60. The quantitative estimate of drug-likeness (QED) is 0.540. The van der Waals surface area contributed by atoms with Gasteiger partial charge < -0.3 is 14.2 Å². The average Bonchev–Trinajstić information content (AvgIpc) is 2.42. The summed E-state index contributed by atoms with van der Waals surface area (Å²) < 4.78 is 69.6. The first-order valence-corrected chi connectivity index (χ1v) is 6.59. The fourth-order valence-corrected chi connectivity index (χ4v) is 2.67. The zero-order chi connectivity index (χ0) is 14.9. The van der Waals surface area contributed by atoms with Crippen LogP contribution in [0, 0.1) is 0 Å². The monoisotopic (exact) mass is 350 g/mol. The van der Waals surface area contributed by atoms with Crippen LogP contribution in [0.1, 0.15) is 20.8 Å². The predicted octanol–water partition coefficient (Wildman–Crippen LogP) is 3.68. The van der Waals surface area contributed by atoms with Crippen molar-refractivity contribution >= 4 is 15.9 Å². The second kappa shape index (κ2) is 5.57. The third kappa shape index (κ3) is 2.17. The first-order valence-electron chi connectivity index (χ1n) is 5.79. The number of hydrogen-bond acceptors (Lipinski definition) is 3. The maximum Gasteiger partial charge on any atom is 0.375 e. The van der Waals surface area contributed by atoms with Crippen LogP contribution >= 0.6 is 15.9 Å². The van der Waals surface area contributed by atoms with Gasteiger partial charge in [0.05, 0.1) is 6.61 Å². The summed E-state index contributed by atoms with van der Waals surface area (Å²) in [5.41, 5.74) is 0. The van der Waals surface area contributed by atoms with Crippen molar-refractivity contribution in [1.82, 2.24) is 0 Å². The van der Waals surface area contributed by atoms with E-state index < -0.39 is 27.9 Å². The lowest BCUT2D eigenvalue weighted by molar-refractivity contribution is -0.349.